The highest BCUT2D eigenvalue weighted by molar-refractivity contribution is 5.38. The number of benzene rings is 1. The molecule has 3 heteroatoms. The second kappa shape index (κ2) is 4.64. The Morgan fingerprint density at radius 1 is 1.53 bits per heavy atom. The van der Waals surface area contributed by atoms with Gasteiger partial charge in [0.1, 0.15) is 5.75 Å². The van der Waals surface area contributed by atoms with E-state index in [1.165, 1.54) is 11.1 Å². The largest absolute Gasteiger partial charge is 0.508 e. The molecule has 3 nitrogen and oxygen atoms in total. The molecule has 0 radical (unpaired) electrons. The molecule has 0 amide bonds. The highest BCUT2D eigenvalue weighted by Gasteiger charge is 2.18. The van der Waals surface area contributed by atoms with Crippen molar-refractivity contribution in [1.82, 2.24) is 10.6 Å². The van der Waals surface area contributed by atoms with Crippen molar-refractivity contribution in [3.63, 3.8) is 0 Å². The van der Waals surface area contributed by atoms with Gasteiger partial charge in [0.25, 0.3) is 0 Å². The van der Waals surface area contributed by atoms with Crippen molar-refractivity contribution in [3.8, 4) is 5.75 Å². The summed E-state index contributed by atoms with van der Waals surface area (Å²) in [5.74, 6) is 0.373. The second-order valence-corrected chi connectivity index (χ2v) is 3.95. The quantitative estimate of drug-likeness (QED) is 0.696. The van der Waals surface area contributed by atoms with E-state index >= 15 is 0 Å². The predicted molar refractivity (Wildman–Crippen MR) is 61.1 cm³/mol. The van der Waals surface area contributed by atoms with E-state index in [1.54, 1.807) is 6.07 Å². The molecule has 0 aromatic heterocycles. The summed E-state index contributed by atoms with van der Waals surface area (Å²) in [4.78, 5) is 0. The van der Waals surface area contributed by atoms with Gasteiger partial charge in [-0.25, -0.2) is 0 Å². The van der Waals surface area contributed by atoms with E-state index in [4.69, 9.17) is 0 Å². The van der Waals surface area contributed by atoms with Crippen LogP contribution in [0.2, 0.25) is 0 Å². The molecule has 1 heterocycles. The molecule has 0 spiro atoms. The highest BCUT2D eigenvalue weighted by Crippen LogP contribution is 2.25. The Morgan fingerprint density at radius 2 is 2.40 bits per heavy atom. The van der Waals surface area contributed by atoms with Crippen LogP contribution in [0, 0.1) is 0 Å². The molecule has 0 saturated carbocycles. The van der Waals surface area contributed by atoms with Crippen LogP contribution in [0.3, 0.4) is 0 Å². The number of phenolic OH excluding ortho intramolecular Hbond substituents is 1. The first-order chi connectivity index (χ1) is 7.31. The summed E-state index contributed by atoms with van der Waals surface area (Å²) in [6.07, 6.45) is 1.01. The molecule has 1 aliphatic rings. The average Bonchev–Trinajstić information content (AvgIpc) is 2.25. The van der Waals surface area contributed by atoms with Crippen LogP contribution in [0.15, 0.2) is 18.2 Å². The first kappa shape index (κ1) is 10.5. The normalized spacial score (nSPS) is 19.9. The van der Waals surface area contributed by atoms with Crippen molar-refractivity contribution >= 4 is 0 Å². The number of fused-ring (bicyclic) bond motifs is 1. The first-order valence-electron chi connectivity index (χ1n) is 5.57. The van der Waals surface area contributed by atoms with Crippen molar-refractivity contribution in [2.45, 2.75) is 19.4 Å². The van der Waals surface area contributed by atoms with Gasteiger partial charge in [0, 0.05) is 12.6 Å². The van der Waals surface area contributed by atoms with Crippen LogP contribution in [-0.4, -0.2) is 24.7 Å². The van der Waals surface area contributed by atoms with Crippen LogP contribution in [0.5, 0.6) is 5.75 Å². The van der Waals surface area contributed by atoms with Gasteiger partial charge < -0.3 is 15.7 Å². The third-order valence-corrected chi connectivity index (χ3v) is 2.89. The fourth-order valence-electron chi connectivity index (χ4n) is 2.11. The number of rotatable bonds is 3. The maximum Gasteiger partial charge on any atom is 0.115 e. The van der Waals surface area contributed by atoms with Gasteiger partial charge in [0.2, 0.25) is 0 Å². The molecule has 0 saturated heterocycles. The minimum atomic E-state index is 0.373. The van der Waals surface area contributed by atoms with Crippen molar-refractivity contribution < 1.29 is 5.11 Å². The molecule has 3 N–H and O–H groups in total. The van der Waals surface area contributed by atoms with Crippen LogP contribution >= 0.6 is 0 Å². The maximum absolute atomic E-state index is 9.41. The SMILES string of the molecule is CCNCC1NCCc2cc(O)ccc21. The lowest BCUT2D eigenvalue weighted by atomic mass is 9.94. The fraction of sp³-hybridized carbons (Fsp3) is 0.500. The fourth-order valence-corrected chi connectivity index (χ4v) is 2.11. The first-order valence-corrected chi connectivity index (χ1v) is 5.57. The molecular formula is C12H18N2O. The topological polar surface area (TPSA) is 44.3 Å². The second-order valence-electron chi connectivity index (χ2n) is 3.95. The third-order valence-electron chi connectivity index (χ3n) is 2.89. The standard InChI is InChI=1S/C12H18N2O/c1-2-13-8-12-11-4-3-10(15)7-9(11)5-6-14-12/h3-4,7,12-15H,2,5-6,8H2,1H3. The minimum absolute atomic E-state index is 0.373. The van der Waals surface area contributed by atoms with E-state index in [-0.39, 0.29) is 0 Å². The summed E-state index contributed by atoms with van der Waals surface area (Å²) in [6.45, 7) is 5.05. The zero-order valence-electron chi connectivity index (χ0n) is 9.09. The zero-order chi connectivity index (χ0) is 10.7. The van der Waals surface area contributed by atoms with Crippen molar-refractivity contribution in [1.29, 1.82) is 0 Å². The molecule has 0 aliphatic carbocycles. The van der Waals surface area contributed by atoms with Crippen LogP contribution < -0.4 is 10.6 Å². The van der Waals surface area contributed by atoms with Crippen molar-refractivity contribution in [3.05, 3.63) is 29.3 Å². The van der Waals surface area contributed by atoms with Gasteiger partial charge in [0.05, 0.1) is 0 Å². The molecule has 82 valence electrons. The van der Waals surface area contributed by atoms with Crippen molar-refractivity contribution in [2.75, 3.05) is 19.6 Å². The molecule has 1 unspecified atom stereocenters. The van der Waals surface area contributed by atoms with E-state index in [1.807, 2.05) is 12.1 Å². The lowest BCUT2D eigenvalue weighted by molar-refractivity contribution is 0.459. The Morgan fingerprint density at radius 3 is 3.20 bits per heavy atom. The lowest BCUT2D eigenvalue weighted by Gasteiger charge is -2.27. The van der Waals surface area contributed by atoms with E-state index in [2.05, 4.69) is 17.6 Å². The number of aromatic hydroxyl groups is 1. The van der Waals surface area contributed by atoms with Crippen LogP contribution in [0.25, 0.3) is 0 Å². The maximum atomic E-state index is 9.41. The van der Waals surface area contributed by atoms with Gasteiger partial charge in [-0.05, 0) is 42.8 Å². The van der Waals surface area contributed by atoms with Gasteiger partial charge in [-0.1, -0.05) is 13.0 Å². The molecule has 1 aromatic rings. The minimum Gasteiger partial charge on any atom is -0.508 e. The van der Waals surface area contributed by atoms with Gasteiger partial charge in [-0.15, -0.1) is 0 Å². The van der Waals surface area contributed by atoms with Crippen LogP contribution in [0.1, 0.15) is 24.1 Å². The van der Waals surface area contributed by atoms with Gasteiger partial charge >= 0.3 is 0 Å². The highest BCUT2D eigenvalue weighted by atomic mass is 16.3. The number of nitrogens with one attached hydrogen (secondary N) is 2. The van der Waals surface area contributed by atoms with Gasteiger partial charge in [-0.3, -0.25) is 0 Å². The van der Waals surface area contributed by atoms with E-state index in [0.717, 1.165) is 26.1 Å². The molecule has 15 heavy (non-hydrogen) atoms. The Kier molecular flexibility index (Phi) is 3.23. The Bertz CT molecular complexity index is 338. The Labute approximate surface area is 90.5 Å². The van der Waals surface area contributed by atoms with Gasteiger partial charge in [-0.2, -0.15) is 0 Å². The predicted octanol–water partition coefficient (Wildman–Crippen LogP) is 1.19. The van der Waals surface area contributed by atoms with E-state index < -0.39 is 0 Å². The molecule has 0 fully saturated rings. The summed E-state index contributed by atoms with van der Waals surface area (Å²) < 4.78 is 0. The summed E-state index contributed by atoms with van der Waals surface area (Å²) in [5.41, 5.74) is 2.59. The number of hydrogen-bond donors (Lipinski definition) is 3. The molecular weight excluding hydrogens is 188 g/mol. The zero-order valence-corrected chi connectivity index (χ0v) is 9.09. The molecule has 1 aromatic carbocycles. The monoisotopic (exact) mass is 206 g/mol. The molecule has 2 rings (SSSR count). The van der Waals surface area contributed by atoms with Crippen LogP contribution in [0.4, 0.5) is 0 Å². The number of likely N-dealkylation sites (N-methyl/N-ethyl adjacent to an activating group) is 1. The van der Waals surface area contributed by atoms with Crippen molar-refractivity contribution in [2.24, 2.45) is 0 Å². The summed E-state index contributed by atoms with van der Waals surface area (Å²) in [5, 5.41) is 16.2. The Hall–Kier alpha value is -1.06. The average molecular weight is 206 g/mol. The number of hydrogen-bond acceptors (Lipinski definition) is 3. The smallest absolute Gasteiger partial charge is 0.115 e. The number of phenols is 1. The molecule has 1 aliphatic heterocycles. The molecule has 1 atom stereocenters. The summed E-state index contributed by atoms with van der Waals surface area (Å²) in [6, 6.07) is 6.06. The Balaban J connectivity index is 2.18. The molecule has 0 bridgehead atoms. The third kappa shape index (κ3) is 2.30. The summed E-state index contributed by atoms with van der Waals surface area (Å²) >= 11 is 0. The van der Waals surface area contributed by atoms with Gasteiger partial charge in [0.15, 0.2) is 0 Å². The summed E-state index contributed by atoms with van der Waals surface area (Å²) in [7, 11) is 0. The van der Waals surface area contributed by atoms with Crippen LogP contribution in [-0.2, 0) is 6.42 Å². The van der Waals surface area contributed by atoms with E-state index in [9.17, 15) is 5.11 Å². The van der Waals surface area contributed by atoms with E-state index in [0.29, 0.717) is 11.8 Å². The lowest BCUT2D eigenvalue weighted by Crippen LogP contribution is -2.36.